The van der Waals surface area contributed by atoms with Crippen LogP contribution in [0.1, 0.15) is 19.3 Å². The van der Waals surface area contributed by atoms with Crippen molar-refractivity contribution in [3.63, 3.8) is 0 Å². The molecule has 4 N–H and O–H groups in total. The molecule has 0 atom stereocenters. The Morgan fingerprint density at radius 1 is 1.42 bits per heavy atom. The molecular formula is C12H17FN2O3S. The molecule has 5 nitrogen and oxygen atoms in total. The molecule has 0 unspecified atom stereocenters. The lowest BCUT2D eigenvalue weighted by atomic mass is 10.0. The highest BCUT2D eigenvalue weighted by molar-refractivity contribution is 7.89. The normalized spacial score (nSPS) is 17.4. The van der Waals surface area contributed by atoms with Gasteiger partial charge in [0.2, 0.25) is 10.0 Å². The van der Waals surface area contributed by atoms with Crippen LogP contribution >= 0.6 is 0 Å². The molecule has 0 amide bonds. The fraction of sp³-hybridized carbons (Fsp3) is 0.500. The molecule has 0 spiro atoms. The van der Waals surface area contributed by atoms with Crippen LogP contribution in [0, 0.1) is 11.2 Å². The van der Waals surface area contributed by atoms with Crippen LogP contribution in [0.25, 0.3) is 0 Å². The number of nitrogen functional groups attached to an aromatic ring is 1. The Kier molecular flexibility index (Phi) is 3.80. The number of rotatable bonds is 6. The van der Waals surface area contributed by atoms with Gasteiger partial charge in [-0.05, 0) is 42.9 Å². The Bertz CT molecular complexity index is 570. The summed E-state index contributed by atoms with van der Waals surface area (Å²) in [7, 11) is -3.74. The van der Waals surface area contributed by atoms with Crippen LogP contribution in [0.15, 0.2) is 23.1 Å². The van der Waals surface area contributed by atoms with E-state index >= 15 is 0 Å². The number of sulfonamides is 1. The van der Waals surface area contributed by atoms with Crippen LogP contribution in [0.5, 0.6) is 0 Å². The Labute approximate surface area is 111 Å². The van der Waals surface area contributed by atoms with Gasteiger partial charge >= 0.3 is 0 Å². The van der Waals surface area contributed by atoms with Crippen LogP contribution in [0.3, 0.4) is 0 Å². The van der Waals surface area contributed by atoms with E-state index in [2.05, 4.69) is 4.72 Å². The zero-order chi connectivity index (χ0) is 14.1. The molecule has 0 heterocycles. The molecule has 1 fully saturated rings. The van der Waals surface area contributed by atoms with Gasteiger partial charge in [-0.15, -0.1) is 0 Å². The van der Waals surface area contributed by atoms with Crippen LogP contribution in [0.4, 0.5) is 10.1 Å². The minimum atomic E-state index is -3.74. The molecule has 0 aliphatic heterocycles. The maximum atomic E-state index is 13.3. The molecule has 1 saturated carbocycles. The average Bonchev–Trinajstić information content (AvgIpc) is 3.11. The molecule has 7 heteroatoms. The highest BCUT2D eigenvalue weighted by Gasteiger charge is 2.42. The topological polar surface area (TPSA) is 92.4 Å². The van der Waals surface area contributed by atoms with Gasteiger partial charge in [0.1, 0.15) is 5.82 Å². The third-order valence-electron chi connectivity index (χ3n) is 3.52. The van der Waals surface area contributed by atoms with Crippen molar-refractivity contribution < 1.29 is 17.9 Å². The number of nitrogens with one attached hydrogen (secondary N) is 1. The van der Waals surface area contributed by atoms with E-state index in [1.807, 2.05) is 0 Å². The zero-order valence-electron chi connectivity index (χ0n) is 10.4. The minimum absolute atomic E-state index is 0.0399. The van der Waals surface area contributed by atoms with Gasteiger partial charge in [0.25, 0.3) is 0 Å². The number of aliphatic hydroxyl groups excluding tert-OH is 1. The molecule has 0 radical (unpaired) electrons. The van der Waals surface area contributed by atoms with Gasteiger partial charge < -0.3 is 10.8 Å². The smallest absolute Gasteiger partial charge is 0.240 e. The number of benzene rings is 1. The number of hydrogen-bond donors (Lipinski definition) is 3. The summed E-state index contributed by atoms with van der Waals surface area (Å²) in [5.41, 5.74) is 5.09. The fourth-order valence-electron chi connectivity index (χ4n) is 1.94. The first-order valence-electron chi connectivity index (χ1n) is 6.04. The van der Waals surface area contributed by atoms with Crippen LogP contribution in [-0.4, -0.2) is 26.7 Å². The number of anilines is 1. The van der Waals surface area contributed by atoms with Crippen molar-refractivity contribution in [2.45, 2.75) is 24.2 Å². The highest BCUT2D eigenvalue weighted by Crippen LogP contribution is 2.48. The third kappa shape index (κ3) is 3.23. The maximum Gasteiger partial charge on any atom is 0.240 e. The van der Waals surface area contributed by atoms with E-state index in [0.29, 0.717) is 6.42 Å². The van der Waals surface area contributed by atoms with Crippen molar-refractivity contribution in [2.75, 3.05) is 18.9 Å². The average molecular weight is 288 g/mol. The Hall–Kier alpha value is -1.18. The fourth-order valence-corrected chi connectivity index (χ4v) is 3.10. The van der Waals surface area contributed by atoms with E-state index in [-0.39, 0.29) is 29.1 Å². The van der Waals surface area contributed by atoms with Crippen molar-refractivity contribution in [2.24, 2.45) is 5.41 Å². The summed E-state index contributed by atoms with van der Waals surface area (Å²) in [5, 5.41) is 8.91. The maximum absolute atomic E-state index is 13.3. The molecule has 1 aromatic rings. The second kappa shape index (κ2) is 5.07. The van der Waals surface area contributed by atoms with Crippen LogP contribution < -0.4 is 10.5 Å². The lowest BCUT2D eigenvalue weighted by molar-refractivity contribution is 0.249. The summed E-state index contributed by atoms with van der Waals surface area (Å²) in [6.45, 7) is 0.306. The van der Waals surface area contributed by atoms with E-state index in [1.165, 1.54) is 12.1 Å². The minimum Gasteiger partial charge on any atom is -0.396 e. The van der Waals surface area contributed by atoms with Crippen molar-refractivity contribution in [3.05, 3.63) is 24.0 Å². The summed E-state index contributed by atoms with van der Waals surface area (Å²) in [6.07, 6.45) is 2.37. The van der Waals surface area contributed by atoms with Gasteiger partial charge in [-0.25, -0.2) is 17.5 Å². The van der Waals surface area contributed by atoms with Gasteiger partial charge in [-0.2, -0.15) is 0 Å². The highest BCUT2D eigenvalue weighted by atomic mass is 32.2. The number of aliphatic hydroxyl groups is 1. The van der Waals surface area contributed by atoms with Crippen molar-refractivity contribution in [1.82, 2.24) is 4.72 Å². The van der Waals surface area contributed by atoms with Crippen molar-refractivity contribution >= 4 is 15.7 Å². The summed E-state index contributed by atoms with van der Waals surface area (Å²) < 4.78 is 39.7. The van der Waals surface area contributed by atoms with E-state index in [1.54, 1.807) is 0 Å². The molecule has 2 rings (SSSR count). The first kappa shape index (κ1) is 14.2. The summed E-state index contributed by atoms with van der Waals surface area (Å²) in [5.74, 6) is -0.751. The SMILES string of the molecule is Nc1ccc(S(=O)(=O)NCC2(CCO)CC2)cc1F. The number of nitrogens with two attached hydrogens (primary N) is 1. The second-order valence-electron chi connectivity index (χ2n) is 4.98. The van der Waals surface area contributed by atoms with Gasteiger partial charge in [0.15, 0.2) is 0 Å². The largest absolute Gasteiger partial charge is 0.396 e. The summed E-state index contributed by atoms with van der Waals surface area (Å²) >= 11 is 0. The van der Waals surface area contributed by atoms with Gasteiger partial charge in [-0.1, -0.05) is 0 Å². The Morgan fingerprint density at radius 3 is 2.63 bits per heavy atom. The van der Waals surface area contributed by atoms with Crippen molar-refractivity contribution in [3.8, 4) is 0 Å². The molecule has 19 heavy (non-hydrogen) atoms. The first-order valence-corrected chi connectivity index (χ1v) is 7.52. The van der Waals surface area contributed by atoms with Gasteiger partial charge in [0.05, 0.1) is 10.6 Å². The van der Waals surface area contributed by atoms with E-state index in [9.17, 15) is 12.8 Å². The molecule has 0 saturated heterocycles. The molecule has 0 aromatic heterocycles. The standard InChI is InChI=1S/C12H17FN2O3S/c13-10-7-9(1-2-11(10)14)19(17,18)15-8-12(3-4-12)5-6-16/h1-2,7,15-16H,3-6,8,14H2. The molecule has 0 bridgehead atoms. The predicted octanol–water partition coefficient (Wildman–Crippen LogP) is 0.849. The first-order chi connectivity index (χ1) is 8.88. The molecule has 1 aliphatic carbocycles. The van der Waals surface area contributed by atoms with Crippen molar-refractivity contribution in [1.29, 1.82) is 0 Å². The lowest BCUT2D eigenvalue weighted by Crippen LogP contribution is -2.30. The molecule has 1 aromatic carbocycles. The number of hydrogen-bond acceptors (Lipinski definition) is 4. The van der Waals surface area contributed by atoms with E-state index in [0.717, 1.165) is 18.9 Å². The summed E-state index contributed by atoms with van der Waals surface area (Å²) in [4.78, 5) is -0.140. The molecule has 106 valence electrons. The van der Waals surface area contributed by atoms with E-state index in [4.69, 9.17) is 10.8 Å². The Morgan fingerprint density at radius 2 is 2.11 bits per heavy atom. The van der Waals surface area contributed by atoms with E-state index < -0.39 is 15.8 Å². The van der Waals surface area contributed by atoms with Crippen LogP contribution in [0.2, 0.25) is 0 Å². The van der Waals surface area contributed by atoms with Gasteiger partial charge in [-0.3, -0.25) is 0 Å². The second-order valence-corrected chi connectivity index (χ2v) is 6.75. The summed E-state index contributed by atoms with van der Waals surface area (Å²) in [6, 6.07) is 3.40. The molecule has 1 aliphatic rings. The zero-order valence-corrected chi connectivity index (χ0v) is 11.2. The molecular weight excluding hydrogens is 271 g/mol. The third-order valence-corrected chi connectivity index (χ3v) is 4.92. The lowest BCUT2D eigenvalue weighted by Gasteiger charge is -2.15. The Balaban J connectivity index is 2.08. The van der Waals surface area contributed by atoms with Crippen LogP contribution in [-0.2, 0) is 10.0 Å². The van der Waals surface area contributed by atoms with Gasteiger partial charge in [0, 0.05) is 13.2 Å². The number of halogens is 1. The quantitative estimate of drug-likeness (QED) is 0.677. The monoisotopic (exact) mass is 288 g/mol. The predicted molar refractivity (Wildman–Crippen MR) is 69.4 cm³/mol.